The minimum absolute atomic E-state index is 0.204. The lowest BCUT2D eigenvalue weighted by molar-refractivity contribution is -0.166. The maximum Gasteiger partial charge on any atom is 0.303 e. The first-order chi connectivity index (χ1) is 18.3. The third-order valence-electron chi connectivity index (χ3n) is 6.15. The number of hydrogen-bond acceptors (Lipinski definition) is 11. The normalized spacial score (nSPS) is 20.9. The van der Waals surface area contributed by atoms with Gasteiger partial charge in [0.15, 0.2) is 35.4 Å². The Bertz CT molecular complexity index is 1290. The summed E-state index contributed by atoms with van der Waals surface area (Å²) in [6, 6.07) is 0. The van der Waals surface area contributed by atoms with Crippen LogP contribution in [0.25, 0.3) is 17.0 Å². The van der Waals surface area contributed by atoms with E-state index in [4.69, 9.17) is 18.9 Å². The molecule has 13 nitrogen and oxygen atoms in total. The number of aromatic nitrogens is 6. The molecule has 3 aromatic heterocycles. The van der Waals surface area contributed by atoms with Crippen molar-refractivity contribution < 1.29 is 33.3 Å². The van der Waals surface area contributed by atoms with Crippen molar-refractivity contribution in [2.45, 2.75) is 84.3 Å². The van der Waals surface area contributed by atoms with Gasteiger partial charge in [-0.1, -0.05) is 26.2 Å². The molecule has 1 fully saturated rings. The number of esters is 3. The maximum atomic E-state index is 12.0. The van der Waals surface area contributed by atoms with Crippen molar-refractivity contribution >= 4 is 29.1 Å². The predicted molar refractivity (Wildman–Crippen MR) is 132 cm³/mol. The van der Waals surface area contributed by atoms with Crippen molar-refractivity contribution in [2.24, 2.45) is 0 Å². The number of hydrogen-bond donors (Lipinski definition) is 0. The highest BCUT2D eigenvalue weighted by Crippen LogP contribution is 2.36. The summed E-state index contributed by atoms with van der Waals surface area (Å²) in [7, 11) is 0. The van der Waals surface area contributed by atoms with Crippen LogP contribution in [0.3, 0.4) is 0 Å². The molecule has 0 aliphatic carbocycles. The number of fused-ring (bicyclic) bond motifs is 1. The maximum absolute atomic E-state index is 12.0. The Morgan fingerprint density at radius 2 is 1.71 bits per heavy atom. The lowest BCUT2D eigenvalue weighted by Gasteiger charge is -2.23. The summed E-state index contributed by atoms with van der Waals surface area (Å²) >= 11 is 0. The van der Waals surface area contributed by atoms with E-state index in [1.807, 2.05) is 10.8 Å². The molecule has 4 rings (SSSR count). The van der Waals surface area contributed by atoms with Gasteiger partial charge in [0, 0.05) is 39.6 Å². The molecule has 4 atom stereocenters. The van der Waals surface area contributed by atoms with Crippen LogP contribution in [-0.4, -0.2) is 71.9 Å². The zero-order valence-corrected chi connectivity index (χ0v) is 21.9. The van der Waals surface area contributed by atoms with Crippen molar-refractivity contribution in [3.63, 3.8) is 0 Å². The number of imidazole rings is 2. The number of carbonyl (C=O) groups is 3. The summed E-state index contributed by atoms with van der Waals surface area (Å²) < 4.78 is 25.7. The van der Waals surface area contributed by atoms with E-state index in [9.17, 15) is 14.4 Å². The van der Waals surface area contributed by atoms with Crippen molar-refractivity contribution in [2.75, 3.05) is 6.61 Å². The lowest BCUT2D eigenvalue weighted by Crippen LogP contribution is -2.40. The van der Waals surface area contributed by atoms with E-state index >= 15 is 0 Å². The molecule has 3 aromatic rings. The van der Waals surface area contributed by atoms with Gasteiger partial charge in [0.25, 0.3) is 0 Å². The Balaban J connectivity index is 1.69. The number of aryl methyl sites for hydroxylation is 1. The largest absolute Gasteiger partial charge is 0.463 e. The molecule has 0 radical (unpaired) electrons. The minimum Gasteiger partial charge on any atom is -0.463 e. The van der Waals surface area contributed by atoms with E-state index in [0.29, 0.717) is 17.0 Å². The number of unbranched alkanes of at least 4 members (excludes halogenated alkanes) is 3. The molecular formula is C25H32N6O7. The summed E-state index contributed by atoms with van der Waals surface area (Å²) in [4.78, 5) is 53.2. The lowest BCUT2D eigenvalue weighted by atomic mass is 10.1. The zero-order valence-electron chi connectivity index (χ0n) is 21.9. The number of ether oxygens (including phenoxy) is 4. The first kappa shape index (κ1) is 27.2. The SMILES string of the molecule is CCCCCCc1nccn1-c1ncnc2c1ncn2[C@@H]1O[C@H](COC(C)=O)[C@@H](OC(C)=O)[C@H]1OC(C)=O. The Kier molecular flexibility index (Phi) is 8.66. The molecule has 0 bridgehead atoms. The van der Waals surface area contributed by atoms with E-state index in [0.717, 1.165) is 31.5 Å². The molecule has 1 aliphatic heterocycles. The third kappa shape index (κ3) is 5.98. The van der Waals surface area contributed by atoms with Crippen LogP contribution in [0.5, 0.6) is 0 Å². The van der Waals surface area contributed by atoms with Gasteiger partial charge in [-0.25, -0.2) is 19.9 Å². The smallest absolute Gasteiger partial charge is 0.303 e. The predicted octanol–water partition coefficient (Wildman–Crippen LogP) is 2.46. The molecule has 1 aliphatic rings. The average molecular weight is 529 g/mol. The Hall–Kier alpha value is -3.87. The van der Waals surface area contributed by atoms with Gasteiger partial charge in [0.1, 0.15) is 24.9 Å². The highest BCUT2D eigenvalue weighted by Gasteiger charge is 2.51. The highest BCUT2D eigenvalue weighted by atomic mass is 16.7. The van der Waals surface area contributed by atoms with Gasteiger partial charge in [0.2, 0.25) is 0 Å². The number of rotatable bonds is 11. The third-order valence-corrected chi connectivity index (χ3v) is 6.15. The van der Waals surface area contributed by atoms with Gasteiger partial charge in [-0.2, -0.15) is 0 Å². The minimum atomic E-state index is -1.05. The molecule has 204 valence electrons. The number of nitrogens with zero attached hydrogens (tertiary/aromatic N) is 6. The second kappa shape index (κ2) is 12.1. The van der Waals surface area contributed by atoms with Crippen molar-refractivity contribution in [1.82, 2.24) is 29.1 Å². The standard InChI is InChI=1S/C25H32N6O7/c1-5-6-7-8-9-19-26-10-11-30(19)23-20-24(28-13-27-23)31(14-29-20)25-22(37-17(4)34)21(36-16(3)33)18(38-25)12-35-15(2)32/h10-11,13-14,18,21-22,25H,5-9,12H2,1-4H3/t18-,21-,22-,25-/m1/s1. The zero-order chi connectivity index (χ0) is 27.2. The van der Waals surface area contributed by atoms with Gasteiger partial charge in [0.05, 0.1) is 6.33 Å². The first-order valence-corrected chi connectivity index (χ1v) is 12.6. The second-order valence-corrected chi connectivity index (χ2v) is 9.06. The van der Waals surface area contributed by atoms with Crippen LogP contribution in [0.4, 0.5) is 0 Å². The quantitative estimate of drug-likeness (QED) is 0.205. The van der Waals surface area contributed by atoms with E-state index in [1.165, 1.54) is 39.8 Å². The topological polar surface area (TPSA) is 150 Å². The van der Waals surface area contributed by atoms with Gasteiger partial charge >= 0.3 is 17.9 Å². The van der Waals surface area contributed by atoms with Gasteiger partial charge in [-0.3, -0.25) is 23.5 Å². The Morgan fingerprint density at radius 1 is 0.947 bits per heavy atom. The van der Waals surface area contributed by atoms with Crippen molar-refractivity contribution in [1.29, 1.82) is 0 Å². The Labute approximate surface area is 219 Å². The molecule has 0 aromatic carbocycles. The molecular weight excluding hydrogens is 496 g/mol. The van der Waals surface area contributed by atoms with Crippen molar-refractivity contribution in [3.05, 3.63) is 30.9 Å². The van der Waals surface area contributed by atoms with Crippen LogP contribution in [0.1, 0.15) is 65.4 Å². The number of carbonyl (C=O) groups excluding carboxylic acids is 3. The van der Waals surface area contributed by atoms with Crippen LogP contribution >= 0.6 is 0 Å². The molecule has 0 N–H and O–H groups in total. The van der Waals surface area contributed by atoms with Crippen LogP contribution in [0.2, 0.25) is 0 Å². The molecule has 0 unspecified atom stereocenters. The summed E-state index contributed by atoms with van der Waals surface area (Å²) in [6.07, 6.45) is 7.77. The molecule has 0 amide bonds. The van der Waals surface area contributed by atoms with Crippen LogP contribution in [0, 0.1) is 0 Å². The highest BCUT2D eigenvalue weighted by molar-refractivity contribution is 5.78. The van der Waals surface area contributed by atoms with E-state index in [-0.39, 0.29) is 6.61 Å². The fourth-order valence-corrected chi connectivity index (χ4v) is 4.54. The summed E-state index contributed by atoms with van der Waals surface area (Å²) in [5.41, 5.74) is 0.899. The Morgan fingerprint density at radius 3 is 2.42 bits per heavy atom. The van der Waals surface area contributed by atoms with Gasteiger partial charge < -0.3 is 18.9 Å². The molecule has 0 saturated carbocycles. The summed E-state index contributed by atoms with van der Waals surface area (Å²) in [6.45, 7) is 5.70. The molecule has 4 heterocycles. The summed E-state index contributed by atoms with van der Waals surface area (Å²) in [5.74, 6) is -0.316. The average Bonchev–Trinajstić information content (AvgIpc) is 3.58. The molecule has 13 heteroatoms. The molecule has 0 spiro atoms. The van der Waals surface area contributed by atoms with Crippen LogP contribution < -0.4 is 0 Å². The van der Waals surface area contributed by atoms with Crippen LogP contribution in [-0.2, 0) is 39.8 Å². The molecule has 38 heavy (non-hydrogen) atoms. The monoisotopic (exact) mass is 528 g/mol. The molecule has 1 saturated heterocycles. The van der Waals surface area contributed by atoms with Gasteiger partial charge in [-0.15, -0.1) is 0 Å². The first-order valence-electron chi connectivity index (χ1n) is 12.6. The fraction of sp³-hybridized carbons (Fsp3) is 0.560. The van der Waals surface area contributed by atoms with Crippen molar-refractivity contribution in [3.8, 4) is 5.82 Å². The van der Waals surface area contributed by atoms with Gasteiger partial charge in [-0.05, 0) is 6.42 Å². The van der Waals surface area contributed by atoms with Crippen LogP contribution in [0.15, 0.2) is 25.0 Å². The van der Waals surface area contributed by atoms with E-state index < -0.39 is 42.4 Å². The summed E-state index contributed by atoms with van der Waals surface area (Å²) in [5, 5.41) is 0. The fourth-order valence-electron chi connectivity index (χ4n) is 4.54. The van der Waals surface area contributed by atoms with E-state index in [2.05, 4.69) is 26.9 Å². The van der Waals surface area contributed by atoms with E-state index in [1.54, 1.807) is 10.8 Å². The second-order valence-electron chi connectivity index (χ2n) is 9.06.